The Labute approximate surface area is 127 Å². The molecule has 0 spiro atoms. The third-order valence-corrected chi connectivity index (χ3v) is 3.31. The van der Waals surface area contributed by atoms with E-state index < -0.39 is 23.8 Å². The van der Waals surface area contributed by atoms with Crippen molar-refractivity contribution in [3.8, 4) is 17.2 Å². The fourth-order valence-corrected chi connectivity index (χ4v) is 2.34. The van der Waals surface area contributed by atoms with E-state index >= 15 is 0 Å². The number of rotatable bonds is 3. The Morgan fingerprint density at radius 3 is 2.45 bits per heavy atom. The van der Waals surface area contributed by atoms with Crippen molar-refractivity contribution < 1.29 is 37.3 Å². The number of hydrogen-bond donors (Lipinski definition) is 1. The smallest absolute Gasteiger partial charge is 0.430 e. The number of aliphatic carboxylic acids is 1. The molecule has 0 fully saturated rings. The zero-order valence-corrected chi connectivity index (χ0v) is 12.1. The second-order valence-corrected chi connectivity index (χ2v) is 4.67. The van der Waals surface area contributed by atoms with Crippen molar-refractivity contribution >= 4 is 23.6 Å². The Balaban J connectivity index is 2.68. The lowest BCUT2D eigenvalue weighted by Crippen LogP contribution is -2.40. The summed E-state index contributed by atoms with van der Waals surface area (Å²) in [7, 11) is 2.57. The number of carbonyl (C=O) groups is 1. The molecule has 0 aromatic heterocycles. The molecule has 5 nitrogen and oxygen atoms in total. The molecule has 120 valence electrons. The molecule has 0 bridgehead atoms. The van der Waals surface area contributed by atoms with Crippen molar-refractivity contribution in [1.29, 1.82) is 0 Å². The Kier molecular flexibility index (Phi) is 4.15. The molecule has 1 heterocycles. The molecule has 0 radical (unpaired) electrons. The molecule has 1 aliphatic rings. The summed E-state index contributed by atoms with van der Waals surface area (Å²) in [6, 6.07) is 1.29. The lowest BCUT2D eigenvalue weighted by molar-refractivity contribution is -0.187. The van der Waals surface area contributed by atoms with Gasteiger partial charge in [0, 0.05) is 5.56 Å². The molecule has 0 saturated carbocycles. The molecule has 1 unspecified atom stereocenters. The molecule has 9 heteroatoms. The molecule has 2 rings (SSSR count). The standard InChI is InChI=1S/C13H10ClF3O5/c1-20-7-4-5-3-6(12(18)19)11(13(15,16)17)22-9(5)8(14)10(7)21-2/h3-4,11H,1-2H3,(H,18,19). The number of alkyl halides is 3. The van der Waals surface area contributed by atoms with Crippen molar-refractivity contribution in [3.63, 3.8) is 0 Å². The molecule has 0 aliphatic carbocycles. The Bertz CT molecular complexity index is 654. The van der Waals surface area contributed by atoms with E-state index in [-0.39, 0.29) is 27.8 Å². The van der Waals surface area contributed by atoms with E-state index in [1.54, 1.807) is 0 Å². The van der Waals surface area contributed by atoms with Crippen LogP contribution in [0, 0.1) is 0 Å². The molecule has 1 aliphatic heterocycles. The van der Waals surface area contributed by atoms with Crippen molar-refractivity contribution in [2.24, 2.45) is 0 Å². The van der Waals surface area contributed by atoms with E-state index in [0.29, 0.717) is 0 Å². The quantitative estimate of drug-likeness (QED) is 0.917. The van der Waals surface area contributed by atoms with Gasteiger partial charge in [-0.1, -0.05) is 11.6 Å². The number of hydrogen-bond acceptors (Lipinski definition) is 4. The SMILES string of the molecule is COc1cc2c(c(Cl)c1OC)OC(C(F)(F)F)C(C(=O)O)=C2. The van der Waals surface area contributed by atoms with Crippen LogP contribution in [0.5, 0.6) is 17.2 Å². The van der Waals surface area contributed by atoms with Crippen LogP contribution in [0.15, 0.2) is 11.6 Å². The lowest BCUT2D eigenvalue weighted by Gasteiger charge is -2.28. The van der Waals surface area contributed by atoms with Gasteiger partial charge in [-0.2, -0.15) is 13.2 Å². The number of benzene rings is 1. The number of carboxylic acid groups (broad SMARTS) is 1. The Hall–Kier alpha value is -2.09. The largest absolute Gasteiger partial charge is 0.493 e. The van der Waals surface area contributed by atoms with Gasteiger partial charge >= 0.3 is 12.1 Å². The summed E-state index contributed by atoms with van der Waals surface area (Å²) in [6.07, 6.45) is -6.67. The highest BCUT2D eigenvalue weighted by Gasteiger charge is 2.49. The highest BCUT2D eigenvalue weighted by atomic mass is 35.5. The van der Waals surface area contributed by atoms with Gasteiger partial charge in [-0.3, -0.25) is 0 Å². The van der Waals surface area contributed by atoms with Gasteiger partial charge in [0.05, 0.1) is 19.8 Å². The lowest BCUT2D eigenvalue weighted by atomic mass is 10.0. The normalized spacial score (nSPS) is 17.2. The molecule has 1 atom stereocenters. The predicted molar refractivity (Wildman–Crippen MR) is 70.6 cm³/mol. The number of ether oxygens (including phenoxy) is 3. The van der Waals surface area contributed by atoms with Gasteiger partial charge in [-0.15, -0.1) is 0 Å². The summed E-state index contributed by atoms with van der Waals surface area (Å²) in [5.74, 6) is -1.91. The Morgan fingerprint density at radius 2 is 2.00 bits per heavy atom. The first-order chi connectivity index (χ1) is 10.2. The molecule has 22 heavy (non-hydrogen) atoms. The number of carboxylic acids is 1. The van der Waals surface area contributed by atoms with Gasteiger partial charge in [-0.25, -0.2) is 4.79 Å². The predicted octanol–water partition coefficient (Wildman–Crippen LogP) is 3.15. The van der Waals surface area contributed by atoms with Gasteiger partial charge < -0.3 is 19.3 Å². The third-order valence-electron chi connectivity index (χ3n) is 2.97. The van der Waals surface area contributed by atoms with Crippen molar-refractivity contribution in [2.45, 2.75) is 12.3 Å². The molecule has 0 saturated heterocycles. The first-order valence-corrected chi connectivity index (χ1v) is 6.21. The van der Waals surface area contributed by atoms with Crippen LogP contribution >= 0.6 is 11.6 Å². The minimum Gasteiger partial charge on any atom is -0.493 e. The molecular formula is C13H10ClF3O5. The summed E-state index contributed by atoms with van der Waals surface area (Å²) in [5.41, 5.74) is -0.885. The maximum absolute atomic E-state index is 13.0. The van der Waals surface area contributed by atoms with Crippen LogP contribution in [0.2, 0.25) is 5.02 Å². The average molecular weight is 339 g/mol. The summed E-state index contributed by atoms with van der Waals surface area (Å²) < 4.78 is 53.7. The monoisotopic (exact) mass is 338 g/mol. The third kappa shape index (κ3) is 2.66. The van der Waals surface area contributed by atoms with Crippen molar-refractivity contribution in [3.05, 3.63) is 22.2 Å². The van der Waals surface area contributed by atoms with Crippen LogP contribution in [0.25, 0.3) is 6.08 Å². The maximum Gasteiger partial charge on any atom is 0.430 e. The van der Waals surface area contributed by atoms with Crippen LogP contribution in [0.3, 0.4) is 0 Å². The zero-order chi connectivity index (χ0) is 16.7. The molecule has 0 amide bonds. The highest BCUT2D eigenvalue weighted by molar-refractivity contribution is 6.34. The van der Waals surface area contributed by atoms with Crippen LogP contribution < -0.4 is 14.2 Å². The number of halogens is 4. The topological polar surface area (TPSA) is 65.0 Å². The van der Waals surface area contributed by atoms with Crippen LogP contribution in [-0.2, 0) is 4.79 Å². The van der Waals surface area contributed by atoms with E-state index in [1.165, 1.54) is 20.3 Å². The van der Waals surface area contributed by atoms with Gasteiger partial charge in [0.25, 0.3) is 0 Å². The van der Waals surface area contributed by atoms with Crippen molar-refractivity contribution in [2.75, 3.05) is 14.2 Å². The fraction of sp³-hybridized carbons (Fsp3) is 0.308. The molecule has 1 aromatic rings. The second kappa shape index (κ2) is 5.60. The van der Waals surface area contributed by atoms with E-state index in [1.807, 2.05) is 0 Å². The van der Waals surface area contributed by atoms with Gasteiger partial charge in [0.15, 0.2) is 17.2 Å². The van der Waals surface area contributed by atoms with E-state index in [4.69, 9.17) is 30.9 Å². The summed E-state index contributed by atoms with van der Waals surface area (Å²) in [6.45, 7) is 0. The minimum atomic E-state index is -4.90. The fourth-order valence-electron chi connectivity index (χ4n) is 2.02. The number of fused-ring (bicyclic) bond motifs is 1. The van der Waals surface area contributed by atoms with Gasteiger partial charge in [0.2, 0.25) is 6.10 Å². The minimum absolute atomic E-state index is 0.00369. The van der Waals surface area contributed by atoms with Crippen LogP contribution in [-0.4, -0.2) is 37.6 Å². The van der Waals surface area contributed by atoms with E-state index in [9.17, 15) is 18.0 Å². The summed E-state index contributed by atoms with van der Waals surface area (Å²) in [4.78, 5) is 11.0. The zero-order valence-electron chi connectivity index (χ0n) is 11.3. The molecular weight excluding hydrogens is 329 g/mol. The summed E-state index contributed by atoms with van der Waals surface area (Å²) in [5, 5.41) is 8.73. The highest BCUT2D eigenvalue weighted by Crippen LogP contribution is 2.48. The van der Waals surface area contributed by atoms with E-state index in [2.05, 4.69) is 0 Å². The van der Waals surface area contributed by atoms with Crippen LogP contribution in [0.1, 0.15) is 5.56 Å². The first-order valence-electron chi connectivity index (χ1n) is 5.83. The van der Waals surface area contributed by atoms with Crippen LogP contribution in [0.4, 0.5) is 13.2 Å². The second-order valence-electron chi connectivity index (χ2n) is 4.29. The van der Waals surface area contributed by atoms with Gasteiger partial charge in [-0.05, 0) is 12.1 Å². The van der Waals surface area contributed by atoms with Gasteiger partial charge in [0.1, 0.15) is 5.02 Å². The van der Waals surface area contributed by atoms with Crippen molar-refractivity contribution in [1.82, 2.24) is 0 Å². The van der Waals surface area contributed by atoms with E-state index in [0.717, 1.165) is 6.08 Å². The average Bonchev–Trinajstić information content (AvgIpc) is 2.44. The maximum atomic E-state index is 13.0. The Morgan fingerprint density at radius 1 is 1.36 bits per heavy atom. The molecule has 1 N–H and O–H groups in total. The summed E-state index contributed by atoms with van der Waals surface area (Å²) >= 11 is 5.98. The first kappa shape index (κ1) is 16.3. The molecule has 1 aromatic carbocycles. The number of methoxy groups -OCH3 is 2.